The van der Waals surface area contributed by atoms with E-state index in [1.54, 1.807) is 29.2 Å². The highest BCUT2D eigenvalue weighted by atomic mass is 35.5. The number of sulfone groups is 1. The molecule has 1 fully saturated rings. The summed E-state index contributed by atoms with van der Waals surface area (Å²) in [6.45, 7) is 1.15. The van der Waals surface area contributed by atoms with E-state index in [1.807, 2.05) is 60.7 Å². The number of hydrogen-bond acceptors (Lipinski definition) is 5. The van der Waals surface area contributed by atoms with E-state index < -0.39 is 9.84 Å². The number of halogens is 1. The van der Waals surface area contributed by atoms with Gasteiger partial charge in [-0.1, -0.05) is 72.3 Å². The van der Waals surface area contributed by atoms with Crippen molar-refractivity contribution in [3.8, 4) is 22.6 Å². The lowest BCUT2D eigenvalue weighted by Crippen LogP contribution is -2.51. The predicted molar refractivity (Wildman–Crippen MR) is 165 cm³/mol. The molecule has 1 saturated heterocycles. The Balaban J connectivity index is 1.06. The van der Waals surface area contributed by atoms with Crippen LogP contribution in [0.15, 0.2) is 97.1 Å². The Labute approximate surface area is 251 Å². The van der Waals surface area contributed by atoms with Crippen LogP contribution < -0.4 is 9.47 Å². The Kier molecular flexibility index (Phi) is 7.97. The number of rotatable bonds is 6. The zero-order valence-electron chi connectivity index (χ0n) is 23.2. The molecule has 1 spiro atoms. The Bertz CT molecular complexity index is 1660. The van der Waals surface area contributed by atoms with E-state index in [1.165, 1.54) is 0 Å². The van der Waals surface area contributed by atoms with Crippen LogP contribution in [0.3, 0.4) is 0 Å². The number of benzene rings is 4. The standard InChI is InChI=1S/C34H32ClNO5S/c35-30-11-13-31(14-12-30)40-33(37)36-20-18-34(19-21-36)17-16-29-22-28(10-15-32(29)41-34)27-8-6-26(7-9-27)24-42(38,39)23-25-4-2-1-3-5-25/h1-15,22H,16-21,23-24H2. The first kappa shape index (κ1) is 28.3. The summed E-state index contributed by atoms with van der Waals surface area (Å²) in [4.78, 5) is 14.4. The average Bonchev–Trinajstić information content (AvgIpc) is 2.99. The van der Waals surface area contributed by atoms with Gasteiger partial charge in [0.15, 0.2) is 9.84 Å². The van der Waals surface area contributed by atoms with E-state index in [9.17, 15) is 13.2 Å². The molecule has 0 radical (unpaired) electrons. The van der Waals surface area contributed by atoms with E-state index in [-0.39, 0.29) is 23.2 Å². The quantitative estimate of drug-likeness (QED) is 0.229. The lowest BCUT2D eigenvalue weighted by Gasteiger charge is -2.44. The minimum absolute atomic E-state index is 0.0125. The average molecular weight is 602 g/mol. The van der Waals surface area contributed by atoms with Crippen LogP contribution in [-0.4, -0.2) is 38.1 Å². The van der Waals surface area contributed by atoms with Gasteiger partial charge in [-0.05, 0) is 77.1 Å². The molecule has 216 valence electrons. The molecule has 0 atom stereocenters. The van der Waals surface area contributed by atoms with E-state index in [2.05, 4.69) is 12.1 Å². The van der Waals surface area contributed by atoms with Gasteiger partial charge in [0.2, 0.25) is 0 Å². The third kappa shape index (κ3) is 6.63. The van der Waals surface area contributed by atoms with Crippen LogP contribution in [0.4, 0.5) is 4.79 Å². The van der Waals surface area contributed by atoms with Crippen LogP contribution in [-0.2, 0) is 27.8 Å². The van der Waals surface area contributed by atoms with Crippen LogP contribution in [0.1, 0.15) is 36.0 Å². The highest BCUT2D eigenvalue weighted by Crippen LogP contribution is 2.41. The molecule has 0 unspecified atom stereocenters. The summed E-state index contributed by atoms with van der Waals surface area (Å²) in [7, 11) is -3.26. The number of hydrogen-bond donors (Lipinski definition) is 0. The molecule has 0 aliphatic carbocycles. The second-order valence-corrected chi connectivity index (χ2v) is 13.6. The van der Waals surface area contributed by atoms with E-state index in [0.29, 0.717) is 23.9 Å². The van der Waals surface area contributed by atoms with Gasteiger partial charge < -0.3 is 14.4 Å². The highest BCUT2D eigenvalue weighted by Gasteiger charge is 2.41. The first-order valence-electron chi connectivity index (χ1n) is 14.1. The van der Waals surface area contributed by atoms with Crippen LogP contribution in [0.2, 0.25) is 5.02 Å². The molecule has 0 bridgehead atoms. The normalized spacial score (nSPS) is 16.0. The molecule has 0 N–H and O–H groups in total. The van der Waals surface area contributed by atoms with E-state index in [0.717, 1.165) is 59.3 Å². The van der Waals surface area contributed by atoms with Crippen molar-refractivity contribution in [2.24, 2.45) is 0 Å². The second-order valence-electron chi connectivity index (χ2n) is 11.1. The molecule has 0 saturated carbocycles. The van der Waals surface area contributed by atoms with Crippen molar-refractivity contribution in [1.82, 2.24) is 4.90 Å². The minimum Gasteiger partial charge on any atom is -0.487 e. The summed E-state index contributed by atoms with van der Waals surface area (Å²) in [6, 6.07) is 30.1. The molecule has 8 heteroatoms. The maximum absolute atomic E-state index is 12.7. The molecular formula is C34H32ClNO5S. The predicted octanol–water partition coefficient (Wildman–Crippen LogP) is 7.48. The zero-order valence-corrected chi connectivity index (χ0v) is 24.7. The third-order valence-electron chi connectivity index (χ3n) is 8.09. The van der Waals surface area contributed by atoms with E-state index >= 15 is 0 Å². The van der Waals surface area contributed by atoms with Gasteiger partial charge in [-0.15, -0.1) is 0 Å². The molecule has 6 rings (SSSR count). The number of carbonyl (C=O) groups excluding carboxylic acids is 1. The van der Waals surface area contributed by atoms with Gasteiger partial charge in [-0.2, -0.15) is 0 Å². The first-order chi connectivity index (χ1) is 20.3. The summed E-state index contributed by atoms with van der Waals surface area (Å²) >= 11 is 5.92. The molecule has 6 nitrogen and oxygen atoms in total. The van der Waals surface area contributed by atoms with Crippen molar-refractivity contribution in [2.75, 3.05) is 13.1 Å². The molecule has 2 aliphatic heterocycles. The number of fused-ring (bicyclic) bond motifs is 1. The highest BCUT2D eigenvalue weighted by molar-refractivity contribution is 7.89. The molecular weight excluding hydrogens is 570 g/mol. The second kappa shape index (κ2) is 11.8. The summed E-state index contributed by atoms with van der Waals surface area (Å²) in [5.74, 6) is 1.42. The maximum Gasteiger partial charge on any atom is 0.415 e. The fourth-order valence-corrected chi connectivity index (χ4v) is 7.37. The molecule has 4 aromatic carbocycles. The van der Waals surface area contributed by atoms with Crippen LogP contribution in [0, 0.1) is 0 Å². The van der Waals surface area contributed by atoms with Crippen molar-refractivity contribution in [2.45, 2.75) is 42.8 Å². The van der Waals surface area contributed by atoms with Gasteiger partial charge in [-0.25, -0.2) is 13.2 Å². The van der Waals surface area contributed by atoms with Gasteiger partial charge in [0, 0.05) is 31.0 Å². The minimum atomic E-state index is -3.26. The molecule has 2 heterocycles. The number of nitrogens with zero attached hydrogens (tertiary/aromatic N) is 1. The molecule has 42 heavy (non-hydrogen) atoms. The zero-order chi connectivity index (χ0) is 29.2. The number of aryl methyl sites for hydroxylation is 1. The van der Waals surface area contributed by atoms with Gasteiger partial charge in [0.05, 0.1) is 11.5 Å². The van der Waals surface area contributed by atoms with E-state index in [4.69, 9.17) is 21.1 Å². The monoisotopic (exact) mass is 601 g/mol. The number of amides is 1. The number of likely N-dealkylation sites (tertiary alicyclic amines) is 1. The Morgan fingerprint density at radius 3 is 2.14 bits per heavy atom. The van der Waals surface area contributed by atoms with Crippen molar-refractivity contribution in [3.63, 3.8) is 0 Å². The topological polar surface area (TPSA) is 72.9 Å². The largest absolute Gasteiger partial charge is 0.487 e. The molecule has 4 aromatic rings. The summed E-state index contributed by atoms with van der Waals surface area (Å²) in [5.41, 5.74) is 4.58. The lowest BCUT2D eigenvalue weighted by atomic mass is 9.82. The Hall–Kier alpha value is -3.81. The van der Waals surface area contributed by atoms with Gasteiger partial charge in [-0.3, -0.25) is 0 Å². The van der Waals surface area contributed by atoms with Crippen LogP contribution >= 0.6 is 11.6 Å². The molecule has 1 amide bonds. The van der Waals surface area contributed by atoms with Crippen molar-refractivity contribution < 1.29 is 22.7 Å². The molecule has 2 aliphatic rings. The summed E-state index contributed by atoms with van der Waals surface area (Å²) < 4.78 is 37.5. The van der Waals surface area contributed by atoms with Crippen molar-refractivity contribution in [3.05, 3.63) is 119 Å². The van der Waals surface area contributed by atoms with Gasteiger partial charge >= 0.3 is 6.09 Å². The maximum atomic E-state index is 12.7. The number of piperidine rings is 1. The van der Waals surface area contributed by atoms with Crippen molar-refractivity contribution in [1.29, 1.82) is 0 Å². The smallest absolute Gasteiger partial charge is 0.415 e. The van der Waals surface area contributed by atoms with Crippen LogP contribution in [0.5, 0.6) is 11.5 Å². The summed E-state index contributed by atoms with van der Waals surface area (Å²) in [6.07, 6.45) is 2.93. The number of ether oxygens (including phenoxy) is 2. The summed E-state index contributed by atoms with van der Waals surface area (Å²) in [5, 5.41) is 0.595. The Morgan fingerprint density at radius 1 is 0.810 bits per heavy atom. The third-order valence-corrected chi connectivity index (χ3v) is 9.89. The first-order valence-corrected chi connectivity index (χ1v) is 16.3. The fourth-order valence-electron chi connectivity index (χ4n) is 5.74. The fraction of sp³-hybridized carbons (Fsp3) is 0.265. The van der Waals surface area contributed by atoms with Gasteiger partial charge in [0.1, 0.15) is 17.1 Å². The lowest BCUT2D eigenvalue weighted by molar-refractivity contribution is -0.00948. The van der Waals surface area contributed by atoms with Crippen LogP contribution in [0.25, 0.3) is 11.1 Å². The molecule has 0 aromatic heterocycles. The van der Waals surface area contributed by atoms with Crippen molar-refractivity contribution >= 4 is 27.5 Å². The SMILES string of the molecule is O=C(Oc1ccc(Cl)cc1)N1CCC2(CCc3cc(-c4ccc(CS(=O)(=O)Cc5ccccc5)cc4)ccc3O2)CC1. The Morgan fingerprint density at radius 2 is 1.45 bits per heavy atom. The van der Waals surface area contributed by atoms with Gasteiger partial charge in [0.25, 0.3) is 0 Å². The number of carbonyl (C=O) groups is 1.